The van der Waals surface area contributed by atoms with E-state index in [9.17, 15) is 4.79 Å². The van der Waals surface area contributed by atoms with Crippen LogP contribution in [0.25, 0.3) is 0 Å². The second-order valence-electron chi connectivity index (χ2n) is 3.27. The Morgan fingerprint density at radius 1 is 1.46 bits per heavy atom. The van der Waals surface area contributed by atoms with Crippen molar-refractivity contribution in [2.24, 2.45) is 5.73 Å². The van der Waals surface area contributed by atoms with Crippen LogP contribution in [0.15, 0.2) is 0 Å². The Kier molecular flexibility index (Phi) is 3.95. The van der Waals surface area contributed by atoms with Gasteiger partial charge in [0.15, 0.2) is 5.11 Å². The highest BCUT2D eigenvalue weighted by atomic mass is 32.1. The van der Waals surface area contributed by atoms with Crippen molar-refractivity contribution in [2.75, 3.05) is 6.54 Å². The molecular weight excluding hydrogens is 186 g/mol. The van der Waals surface area contributed by atoms with Gasteiger partial charge in [-0.2, -0.15) is 0 Å². The van der Waals surface area contributed by atoms with E-state index >= 15 is 0 Å². The average Bonchev–Trinajstić information content (AvgIpc) is 2.53. The fraction of sp³-hybridized carbons (Fsp3) is 0.750. The first-order valence-corrected chi connectivity index (χ1v) is 4.92. The number of carbonyl (C=O) groups excluding carboxylic acids is 1. The number of carbonyl (C=O) groups is 1. The van der Waals surface area contributed by atoms with Crippen molar-refractivity contribution in [3.05, 3.63) is 0 Å². The van der Waals surface area contributed by atoms with Crippen LogP contribution < -0.4 is 16.4 Å². The molecule has 0 radical (unpaired) electrons. The molecule has 0 aromatic carbocycles. The molecule has 0 atom stereocenters. The minimum absolute atomic E-state index is 0.110. The lowest BCUT2D eigenvalue weighted by Gasteiger charge is -2.14. The van der Waals surface area contributed by atoms with Crippen molar-refractivity contribution < 1.29 is 4.79 Å². The minimum atomic E-state index is -0.393. The number of rotatable bonds is 3. The first kappa shape index (κ1) is 10.2. The van der Waals surface area contributed by atoms with Gasteiger partial charge in [-0.15, -0.1) is 0 Å². The Labute approximate surface area is 83.2 Å². The fourth-order valence-corrected chi connectivity index (χ4v) is 1.71. The van der Waals surface area contributed by atoms with Crippen LogP contribution in [-0.2, 0) is 4.79 Å². The number of hydrogen-bond donors (Lipinski definition) is 3. The average molecular weight is 201 g/mol. The van der Waals surface area contributed by atoms with Gasteiger partial charge in [0.2, 0.25) is 5.91 Å². The van der Waals surface area contributed by atoms with Crippen LogP contribution in [0.3, 0.4) is 0 Å². The molecule has 0 saturated heterocycles. The van der Waals surface area contributed by atoms with E-state index in [-0.39, 0.29) is 6.54 Å². The molecule has 0 bridgehead atoms. The molecule has 1 aliphatic carbocycles. The van der Waals surface area contributed by atoms with Crippen LogP contribution in [0.1, 0.15) is 25.7 Å². The van der Waals surface area contributed by atoms with Gasteiger partial charge in [-0.25, -0.2) is 0 Å². The summed E-state index contributed by atoms with van der Waals surface area (Å²) in [5, 5.41) is 6.43. The van der Waals surface area contributed by atoms with Gasteiger partial charge in [-0.05, 0) is 25.1 Å². The van der Waals surface area contributed by atoms with E-state index in [2.05, 4.69) is 10.6 Å². The Balaban J connectivity index is 2.13. The first-order chi connectivity index (χ1) is 6.18. The van der Waals surface area contributed by atoms with Crippen LogP contribution in [0.4, 0.5) is 0 Å². The number of nitrogens with two attached hydrogens (primary N) is 1. The van der Waals surface area contributed by atoms with Crippen molar-refractivity contribution >= 4 is 23.2 Å². The summed E-state index contributed by atoms with van der Waals surface area (Å²) in [6.07, 6.45) is 4.85. The quantitative estimate of drug-likeness (QED) is 0.557. The topological polar surface area (TPSA) is 67.2 Å². The molecule has 1 rings (SSSR count). The summed E-state index contributed by atoms with van der Waals surface area (Å²) >= 11 is 4.98. The van der Waals surface area contributed by atoms with Crippen molar-refractivity contribution in [3.8, 4) is 0 Å². The third-order valence-electron chi connectivity index (χ3n) is 2.11. The highest BCUT2D eigenvalue weighted by molar-refractivity contribution is 7.80. The van der Waals surface area contributed by atoms with E-state index in [1.54, 1.807) is 0 Å². The van der Waals surface area contributed by atoms with Gasteiger partial charge < -0.3 is 16.4 Å². The third kappa shape index (κ3) is 4.07. The first-order valence-electron chi connectivity index (χ1n) is 4.51. The maximum Gasteiger partial charge on any atom is 0.236 e. The molecule has 1 aliphatic rings. The van der Waals surface area contributed by atoms with E-state index in [1.165, 1.54) is 25.7 Å². The largest absolute Gasteiger partial charge is 0.368 e. The summed E-state index contributed by atoms with van der Waals surface area (Å²) in [6, 6.07) is 0.480. The number of thiocarbonyl (C=S) groups is 1. The SMILES string of the molecule is NC(=O)CNC(=S)NC1CCCC1. The molecule has 0 aromatic rings. The molecule has 5 heteroatoms. The monoisotopic (exact) mass is 201 g/mol. The number of nitrogens with one attached hydrogen (secondary N) is 2. The van der Waals surface area contributed by atoms with Gasteiger partial charge >= 0.3 is 0 Å². The lowest BCUT2D eigenvalue weighted by molar-refractivity contribution is -0.116. The number of amides is 1. The molecule has 1 amide bonds. The van der Waals surface area contributed by atoms with Crippen molar-refractivity contribution in [1.29, 1.82) is 0 Å². The molecule has 1 fully saturated rings. The van der Waals surface area contributed by atoms with E-state index in [4.69, 9.17) is 18.0 Å². The van der Waals surface area contributed by atoms with Crippen LogP contribution in [0, 0.1) is 0 Å². The Hall–Kier alpha value is -0.840. The normalized spacial score (nSPS) is 16.9. The van der Waals surface area contributed by atoms with Crippen LogP contribution >= 0.6 is 12.2 Å². The molecule has 4 N–H and O–H groups in total. The molecule has 0 aromatic heterocycles. The maximum absolute atomic E-state index is 10.4. The van der Waals surface area contributed by atoms with Crippen LogP contribution in [0.2, 0.25) is 0 Å². The smallest absolute Gasteiger partial charge is 0.236 e. The number of primary amides is 1. The van der Waals surface area contributed by atoms with Crippen molar-refractivity contribution in [3.63, 3.8) is 0 Å². The molecule has 1 saturated carbocycles. The summed E-state index contributed by atoms with van der Waals surface area (Å²) in [7, 11) is 0. The van der Waals surface area contributed by atoms with Crippen LogP contribution in [0.5, 0.6) is 0 Å². The molecule has 4 nitrogen and oxygen atoms in total. The zero-order chi connectivity index (χ0) is 9.68. The molecule has 0 unspecified atom stereocenters. The second kappa shape index (κ2) is 5.01. The fourth-order valence-electron chi connectivity index (χ4n) is 1.47. The Morgan fingerprint density at radius 3 is 2.62 bits per heavy atom. The van der Waals surface area contributed by atoms with E-state index in [0.29, 0.717) is 11.2 Å². The summed E-state index contributed by atoms with van der Waals surface area (Å²) < 4.78 is 0. The summed E-state index contributed by atoms with van der Waals surface area (Å²) in [6.45, 7) is 0.110. The molecule has 0 aliphatic heterocycles. The predicted molar refractivity (Wildman–Crippen MR) is 55.2 cm³/mol. The summed E-state index contributed by atoms with van der Waals surface area (Å²) in [4.78, 5) is 10.4. The number of hydrogen-bond acceptors (Lipinski definition) is 2. The van der Waals surface area contributed by atoms with E-state index in [1.807, 2.05) is 0 Å². The molecule has 0 spiro atoms. The minimum Gasteiger partial charge on any atom is -0.368 e. The summed E-state index contributed by atoms with van der Waals surface area (Å²) in [5.41, 5.74) is 4.96. The zero-order valence-corrected chi connectivity index (χ0v) is 8.32. The standard InChI is InChI=1S/C8H15N3OS/c9-7(12)5-10-8(13)11-6-3-1-2-4-6/h6H,1-5H2,(H2,9,12)(H2,10,11,13). The molecule has 13 heavy (non-hydrogen) atoms. The van der Waals surface area contributed by atoms with E-state index < -0.39 is 5.91 Å². The summed E-state index contributed by atoms with van der Waals surface area (Å²) in [5.74, 6) is -0.393. The third-order valence-corrected chi connectivity index (χ3v) is 2.38. The van der Waals surface area contributed by atoms with Crippen molar-refractivity contribution in [2.45, 2.75) is 31.7 Å². The molecule has 74 valence electrons. The van der Waals surface area contributed by atoms with Crippen molar-refractivity contribution in [1.82, 2.24) is 10.6 Å². The molecular formula is C8H15N3OS. The molecule has 0 heterocycles. The predicted octanol–water partition coefficient (Wildman–Crippen LogP) is -0.122. The maximum atomic E-state index is 10.4. The van der Waals surface area contributed by atoms with Gasteiger partial charge in [-0.3, -0.25) is 4.79 Å². The second-order valence-corrected chi connectivity index (χ2v) is 3.68. The van der Waals surface area contributed by atoms with Gasteiger partial charge in [0.1, 0.15) is 0 Å². The lowest BCUT2D eigenvalue weighted by Crippen LogP contribution is -2.43. The highest BCUT2D eigenvalue weighted by Crippen LogP contribution is 2.17. The van der Waals surface area contributed by atoms with Gasteiger partial charge in [0.05, 0.1) is 6.54 Å². The lowest BCUT2D eigenvalue weighted by atomic mass is 10.3. The van der Waals surface area contributed by atoms with Gasteiger partial charge in [0, 0.05) is 6.04 Å². The Morgan fingerprint density at radius 2 is 2.08 bits per heavy atom. The highest BCUT2D eigenvalue weighted by Gasteiger charge is 2.15. The van der Waals surface area contributed by atoms with E-state index in [0.717, 1.165) is 0 Å². The van der Waals surface area contributed by atoms with Gasteiger partial charge in [0.25, 0.3) is 0 Å². The van der Waals surface area contributed by atoms with Gasteiger partial charge in [-0.1, -0.05) is 12.8 Å². The zero-order valence-electron chi connectivity index (χ0n) is 7.51. The van der Waals surface area contributed by atoms with Crippen LogP contribution in [-0.4, -0.2) is 23.6 Å². The Bertz CT molecular complexity index is 202.